The molecule has 0 heterocycles. The molecule has 1 aliphatic carbocycles. The molecule has 0 unspecified atom stereocenters. The zero-order valence-electron chi connectivity index (χ0n) is 9.91. The molecule has 1 saturated carbocycles. The second-order valence-corrected chi connectivity index (χ2v) is 4.47. The fraction of sp³-hybridized carbons (Fsp3) is 0.286. The molecule has 5 heteroatoms. The Balaban J connectivity index is 2.31. The lowest BCUT2D eigenvalue weighted by Crippen LogP contribution is -2.04. The predicted octanol–water partition coefficient (Wildman–Crippen LogP) is 3.27. The Morgan fingerprint density at radius 2 is 1.74 bits per heavy atom. The van der Waals surface area contributed by atoms with Crippen molar-refractivity contribution in [2.45, 2.75) is 19.0 Å². The Hall–Kier alpha value is -1.91. The highest BCUT2D eigenvalue weighted by Crippen LogP contribution is 2.42. The van der Waals surface area contributed by atoms with Gasteiger partial charge in [0.15, 0.2) is 6.29 Å². The van der Waals surface area contributed by atoms with Crippen molar-refractivity contribution in [3.05, 3.63) is 41.5 Å². The highest BCUT2D eigenvalue weighted by molar-refractivity contribution is 6.32. The van der Waals surface area contributed by atoms with Gasteiger partial charge in [0.1, 0.15) is 0 Å². The van der Waals surface area contributed by atoms with Crippen molar-refractivity contribution in [1.29, 1.82) is 0 Å². The van der Waals surface area contributed by atoms with Gasteiger partial charge in [-0.05, 0) is 48.1 Å². The Labute approximate surface area is 107 Å². The zero-order chi connectivity index (χ0) is 14.0. The molecule has 0 atom stereocenters. The van der Waals surface area contributed by atoms with E-state index in [1.165, 1.54) is 18.2 Å². The molecule has 0 aromatic heterocycles. The van der Waals surface area contributed by atoms with E-state index in [-0.39, 0.29) is 12.2 Å². The van der Waals surface area contributed by atoms with Gasteiger partial charge in [0.05, 0.1) is 5.56 Å². The van der Waals surface area contributed by atoms with Crippen LogP contribution < -0.4 is 0 Å². The van der Waals surface area contributed by atoms with E-state index in [2.05, 4.69) is 0 Å². The lowest BCUT2D eigenvalue weighted by Gasteiger charge is -2.09. The fourth-order valence-electron chi connectivity index (χ4n) is 1.87. The van der Waals surface area contributed by atoms with Crippen LogP contribution in [0.1, 0.15) is 24.0 Å². The van der Waals surface area contributed by atoms with Gasteiger partial charge < -0.3 is 0 Å². The van der Waals surface area contributed by atoms with Crippen LogP contribution in [0.25, 0.3) is 5.57 Å². The number of alkyl halides is 3. The monoisotopic (exact) mass is 268 g/mol. The second kappa shape index (κ2) is 4.99. The summed E-state index contributed by atoms with van der Waals surface area (Å²) in [6, 6.07) is 4.64. The first kappa shape index (κ1) is 13.5. The molecule has 1 fully saturated rings. The van der Waals surface area contributed by atoms with Crippen LogP contribution in [0.3, 0.4) is 0 Å². The summed E-state index contributed by atoms with van der Waals surface area (Å²) in [6.45, 7) is 0. The normalized spacial score (nSPS) is 16.3. The largest absolute Gasteiger partial charge is 0.416 e. The summed E-state index contributed by atoms with van der Waals surface area (Å²) in [5.41, 5.74) is 0.477. The van der Waals surface area contributed by atoms with E-state index < -0.39 is 17.5 Å². The molecule has 0 bridgehead atoms. The second-order valence-electron chi connectivity index (χ2n) is 4.47. The van der Waals surface area contributed by atoms with E-state index >= 15 is 0 Å². The van der Waals surface area contributed by atoms with E-state index in [1.54, 1.807) is 0 Å². The first-order valence-corrected chi connectivity index (χ1v) is 5.80. The number of aldehydes is 1. The number of allylic oxidation sites excluding steroid dienone is 2. The maximum absolute atomic E-state index is 12.4. The van der Waals surface area contributed by atoms with Gasteiger partial charge in [-0.1, -0.05) is 12.1 Å². The quantitative estimate of drug-likeness (QED) is 0.477. The van der Waals surface area contributed by atoms with Crippen LogP contribution in [-0.2, 0) is 15.8 Å². The predicted molar refractivity (Wildman–Crippen MR) is 63.2 cm³/mol. The number of carbonyl (C=O) groups excluding carboxylic acids is 2. The molecule has 1 aromatic rings. The number of ketones is 1. The molecule has 19 heavy (non-hydrogen) atoms. The molecule has 2 rings (SSSR count). The average molecular weight is 268 g/mol. The number of carbonyl (C=O) groups is 2. The average Bonchev–Trinajstić information content (AvgIpc) is 3.19. The van der Waals surface area contributed by atoms with E-state index in [0.717, 1.165) is 25.0 Å². The lowest BCUT2D eigenvalue weighted by atomic mass is 9.99. The van der Waals surface area contributed by atoms with Crippen molar-refractivity contribution in [3.63, 3.8) is 0 Å². The molecule has 0 aliphatic heterocycles. The standard InChI is InChI=1S/C14H11F3O2/c15-14(16,17)11-5-3-10(4-6-11)13(9-1-2-9)7-12(19)8-18/h3-9H,1-2H2/b13-7+. The van der Waals surface area contributed by atoms with Gasteiger partial charge in [0.2, 0.25) is 5.78 Å². The van der Waals surface area contributed by atoms with Crippen LogP contribution in [0.15, 0.2) is 30.3 Å². The van der Waals surface area contributed by atoms with Crippen LogP contribution in [0, 0.1) is 5.92 Å². The third-order valence-corrected chi connectivity index (χ3v) is 2.98. The minimum absolute atomic E-state index is 0.167. The van der Waals surface area contributed by atoms with E-state index in [4.69, 9.17) is 0 Å². The van der Waals surface area contributed by atoms with Gasteiger partial charge in [0.25, 0.3) is 0 Å². The van der Waals surface area contributed by atoms with Crippen LogP contribution in [0.4, 0.5) is 13.2 Å². The van der Waals surface area contributed by atoms with Crippen molar-refractivity contribution in [1.82, 2.24) is 0 Å². The third kappa shape index (κ3) is 3.30. The Bertz CT molecular complexity index is 523. The third-order valence-electron chi connectivity index (χ3n) is 2.98. The fourth-order valence-corrected chi connectivity index (χ4v) is 1.87. The van der Waals surface area contributed by atoms with Crippen LogP contribution >= 0.6 is 0 Å². The lowest BCUT2D eigenvalue weighted by molar-refractivity contribution is -0.137. The minimum atomic E-state index is -4.37. The molecule has 100 valence electrons. The highest BCUT2D eigenvalue weighted by Gasteiger charge is 2.31. The summed E-state index contributed by atoms with van der Waals surface area (Å²) >= 11 is 0. The molecular formula is C14H11F3O2. The van der Waals surface area contributed by atoms with Crippen molar-refractivity contribution in [3.8, 4) is 0 Å². The number of benzene rings is 1. The SMILES string of the molecule is O=CC(=O)/C=C(/c1ccc(C(F)(F)F)cc1)C1CC1. The van der Waals surface area contributed by atoms with E-state index in [0.29, 0.717) is 11.1 Å². The van der Waals surface area contributed by atoms with E-state index in [9.17, 15) is 22.8 Å². The molecular weight excluding hydrogens is 257 g/mol. The van der Waals surface area contributed by atoms with Crippen molar-refractivity contribution in [2.24, 2.45) is 5.92 Å². The number of rotatable bonds is 4. The Morgan fingerprint density at radius 3 is 2.16 bits per heavy atom. The molecule has 0 amide bonds. The molecule has 1 aliphatic rings. The first-order chi connectivity index (χ1) is 8.91. The molecule has 1 aromatic carbocycles. The molecule has 0 N–H and O–H groups in total. The number of hydrogen-bond donors (Lipinski definition) is 0. The number of halogens is 3. The van der Waals surface area contributed by atoms with Crippen LogP contribution in [0.2, 0.25) is 0 Å². The summed E-state index contributed by atoms with van der Waals surface area (Å²) in [5.74, 6) is -0.498. The minimum Gasteiger partial charge on any atom is -0.294 e. The Kier molecular flexibility index (Phi) is 3.55. The van der Waals surface area contributed by atoms with Gasteiger partial charge in [0, 0.05) is 0 Å². The molecule has 2 nitrogen and oxygen atoms in total. The highest BCUT2D eigenvalue weighted by atomic mass is 19.4. The maximum atomic E-state index is 12.4. The summed E-state index contributed by atoms with van der Waals surface area (Å²) in [4.78, 5) is 21.5. The molecule has 0 radical (unpaired) electrons. The van der Waals surface area contributed by atoms with Crippen LogP contribution in [-0.4, -0.2) is 12.1 Å². The van der Waals surface area contributed by atoms with E-state index in [1.807, 2.05) is 0 Å². The van der Waals surface area contributed by atoms with Gasteiger partial charge in [-0.25, -0.2) is 0 Å². The van der Waals surface area contributed by atoms with Crippen molar-refractivity contribution >= 4 is 17.6 Å². The van der Waals surface area contributed by atoms with Crippen LogP contribution in [0.5, 0.6) is 0 Å². The van der Waals surface area contributed by atoms with Crippen molar-refractivity contribution < 1.29 is 22.8 Å². The smallest absolute Gasteiger partial charge is 0.294 e. The topological polar surface area (TPSA) is 34.1 Å². The van der Waals surface area contributed by atoms with Gasteiger partial charge in [-0.2, -0.15) is 13.2 Å². The summed E-state index contributed by atoms with van der Waals surface area (Å²) in [6.07, 6.45) is -1.18. The summed E-state index contributed by atoms with van der Waals surface area (Å²) in [7, 11) is 0. The molecule has 0 saturated heterocycles. The maximum Gasteiger partial charge on any atom is 0.416 e. The zero-order valence-corrected chi connectivity index (χ0v) is 9.91. The molecule has 0 spiro atoms. The number of hydrogen-bond acceptors (Lipinski definition) is 2. The summed E-state index contributed by atoms with van der Waals surface area (Å²) in [5, 5.41) is 0. The van der Waals surface area contributed by atoms with Gasteiger partial charge >= 0.3 is 6.18 Å². The summed E-state index contributed by atoms with van der Waals surface area (Å²) < 4.78 is 37.3. The van der Waals surface area contributed by atoms with Gasteiger partial charge in [-0.3, -0.25) is 9.59 Å². The first-order valence-electron chi connectivity index (χ1n) is 5.80. The van der Waals surface area contributed by atoms with Gasteiger partial charge in [-0.15, -0.1) is 0 Å². The Morgan fingerprint density at radius 1 is 1.16 bits per heavy atom. The van der Waals surface area contributed by atoms with Crippen molar-refractivity contribution in [2.75, 3.05) is 0 Å².